The molecule has 0 saturated carbocycles. The molecule has 0 spiro atoms. The second kappa shape index (κ2) is 11.8. The van der Waals surface area contributed by atoms with Crippen LogP contribution in [-0.2, 0) is 11.3 Å². The summed E-state index contributed by atoms with van der Waals surface area (Å²) in [5.41, 5.74) is 1.38. The van der Waals surface area contributed by atoms with E-state index >= 15 is 0 Å². The number of ether oxygens (including phenoxy) is 2. The van der Waals surface area contributed by atoms with Gasteiger partial charge in [-0.15, -0.1) is 0 Å². The highest BCUT2D eigenvalue weighted by Gasteiger charge is 2.35. The van der Waals surface area contributed by atoms with Gasteiger partial charge in [-0.1, -0.05) is 58.5 Å². The molecule has 1 saturated heterocycles. The van der Waals surface area contributed by atoms with Gasteiger partial charge in [-0.2, -0.15) is 0 Å². The number of imide groups is 1. The molecule has 0 aliphatic carbocycles. The zero-order valence-corrected chi connectivity index (χ0v) is 22.9. The number of benzene rings is 3. The van der Waals surface area contributed by atoms with Crippen LogP contribution in [0.15, 0.2) is 59.5 Å². The zero-order valence-electron chi connectivity index (χ0n) is 19.1. The van der Waals surface area contributed by atoms with Gasteiger partial charge in [-0.05, 0) is 78.4 Å². The number of hydrogen-bond acceptors (Lipinski definition) is 6. The van der Waals surface area contributed by atoms with Crippen LogP contribution in [0.2, 0.25) is 20.1 Å². The van der Waals surface area contributed by atoms with E-state index in [-0.39, 0.29) is 40.1 Å². The van der Waals surface area contributed by atoms with Crippen molar-refractivity contribution in [2.45, 2.75) is 13.5 Å². The molecular formula is C26H17Cl4NO5S. The lowest BCUT2D eigenvalue weighted by molar-refractivity contribution is -0.123. The van der Waals surface area contributed by atoms with Gasteiger partial charge in [0.2, 0.25) is 0 Å². The average molecular weight is 597 g/mol. The van der Waals surface area contributed by atoms with Crippen LogP contribution in [0.4, 0.5) is 4.79 Å². The van der Waals surface area contributed by atoms with Crippen LogP contribution in [0.3, 0.4) is 0 Å². The number of amides is 2. The summed E-state index contributed by atoms with van der Waals surface area (Å²) in [7, 11) is 0. The number of rotatable bonds is 7. The fraction of sp³-hybridized carbons (Fsp3) is 0.115. The molecule has 37 heavy (non-hydrogen) atoms. The minimum atomic E-state index is -0.665. The fourth-order valence-electron chi connectivity index (χ4n) is 3.41. The molecule has 1 fully saturated rings. The van der Waals surface area contributed by atoms with Crippen molar-refractivity contribution in [3.05, 3.63) is 96.3 Å². The van der Waals surface area contributed by atoms with Gasteiger partial charge in [0.1, 0.15) is 0 Å². The van der Waals surface area contributed by atoms with Crippen molar-refractivity contribution in [3.8, 4) is 11.5 Å². The number of carbonyl (C=O) groups excluding carboxylic acids is 3. The highest BCUT2D eigenvalue weighted by Crippen LogP contribution is 2.40. The number of carbonyl (C=O) groups is 3. The molecule has 1 heterocycles. The lowest BCUT2D eigenvalue weighted by Gasteiger charge is -2.14. The van der Waals surface area contributed by atoms with Crippen LogP contribution in [0.5, 0.6) is 11.5 Å². The lowest BCUT2D eigenvalue weighted by Crippen LogP contribution is -2.27. The number of esters is 1. The van der Waals surface area contributed by atoms with E-state index < -0.39 is 17.1 Å². The van der Waals surface area contributed by atoms with Crippen molar-refractivity contribution in [2.24, 2.45) is 0 Å². The van der Waals surface area contributed by atoms with Gasteiger partial charge in [-0.25, -0.2) is 4.79 Å². The van der Waals surface area contributed by atoms with Crippen molar-refractivity contribution >= 4 is 81.4 Å². The van der Waals surface area contributed by atoms with Crippen molar-refractivity contribution < 1.29 is 23.9 Å². The Balaban J connectivity index is 1.58. The third kappa shape index (κ3) is 6.43. The van der Waals surface area contributed by atoms with E-state index in [1.54, 1.807) is 49.4 Å². The Bertz CT molecular complexity index is 1440. The van der Waals surface area contributed by atoms with Crippen LogP contribution in [0.1, 0.15) is 28.4 Å². The second-order valence-corrected chi connectivity index (χ2v) is 10.3. The topological polar surface area (TPSA) is 72.9 Å². The maximum atomic E-state index is 13.0. The van der Waals surface area contributed by atoms with Crippen LogP contribution in [0, 0.1) is 0 Å². The van der Waals surface area contributed by atoms with Crippen LogP contribution < -0.4 is 9.47 Å². The average Bonchev–Trinajstić information content (AvgIpc) is 3.11. The molecule has 3 aromatic carbocycles. The molecule has 190 valence electrons. The van der Waals surface area contributed by atoms with E-state index in [9.17, 15) is 14.4 Å². The van der Waals surface area contributed by atoms with Gasteiger partial charge in [0.25, 0.3) is 11.1 Å². The van der Waals surface area contributed by atoms with E-state index in [0.29, 0.717) is 26.2 Å². The normalized spacial score (nSPS) is 14.4. The first-order valence-corrected chi connectivity index (χ1v) is 13.1. The number of nitrogens with zero attached hydrogens (tertiary/aromatic N) is 1. The van der Waals surface area contributed by atoms with Gasteiger partial charge in [0.05, 0.1) is 38.7 Å². The van der Waals surface area contributed by atoms with Crippen molar-refractivity contribution in [1.82, 2.24) is 4.90 Å². The van der Waals surface area contributed by atoms with Crippen LogP contribution in [-0.4, -0.2) is 28.6 Å². The van der Waals surface area contributed by atoms with E-state index in [1.807, 2.05) is 0 Å². The van der Waals surface area contributed by atoms with E-state index in [0.717, 1.165) is 16.7 Å². The smallest absolute Gasteiger partial charge is 0.343 e. The fourth-order valence-corrected chi connectivity index (χ4v) is 5.02. The maximum absolute atomic E-state index is 13.0. The van der Waals surface area contributed by atoms with Gasteiger partial charge in [-0.3, -0.25) is 14.5 Å². The number of thioether (sulfide) groups is 1. The monoisotopic (exact) mass is 595 g/mol. The SMILES string of the molecule is CCOc1cc(/C=C2\SC(=O)N(Cc3ccc(Cl)c(Cl)c3)C2=O)cc(Cl)c1OC(=O)c1cccc(Cl)c1. The first-order chi connectivity index (χ1) is 17.7. The summed E-state index contributed by atoms with van der Waals surface area (Å²) in [5, 5.41) is 0.751. The molecule has 0 radical (unpaired) electrons. The van der Waals surface area contributed by atoms with Gasteiger partial charge in [0.15, 0.2) is 11.5 Å². The quantitative estimate of drug-likeness (QED) is 0.156. The molecule has 6 nitrogen and oxygen atoms in total. The molecule has 11 heteroatoms. The summed E-state index contributed by atoms with van der Waals surface area (Å²) in [5.74, 6) is -0.904. The van der Waals surface area contributed by atoms with Crippen molar-refractivity contribution in [2.75, 3.05) is 6.61 Å². The lowest BCUT2D eigenvalue weighted by atomic mass is 10.1. The second-order valence-electron chi connectivity index (χ2n) is 7.68. The van der Waals surface area contributed by atoms with Gasteiger partial charge >= 0.3 is 5.97 Å². The Labute approximate surface area is 237 Å². The molecule has 0 bridgehead atoms. The largest absolute Gasteiger partial charge is 0.490 e. The van der Waals surface area contributed by atoms with E-state index in [2.05, 4.69) is 0 Å². The Morgan fingerprint density at radius 2 is 1.76 bits per heavy atom. The third-order valence-corrected chi connectivity index (χ3v) is 7.25. The van der Waals surface area contributed by atoms with E-state index in [4.69, 9.17) is 55.9 Å². The summed E-state index contributed by atoms with van der Waals surface area (Å²) in [4.78, 5) is 39.5. The summed E-state index contributed by atoms with van der Waals surface area (Å²) in [6, 6.07) is 14.3. The van der Waals surface area contributed by atoms with E-state index in [1.165, 1.54) is 18.2 Å². The summed E-state index contributed by atoms with van der Waals surface area (Å²) in [6.07, 6.45) is 1.52. The molecule has 0 unspecified atom stereocenters. The minimum absolute atomic E-state index is 0.0263. The Morgan fingerprint density at radius 1 is 0.973 bits per heavy atom. The molecule has 2 amide bonds. The van der Waals surface area contributed by atoms with Crippen molar-refractivity contribution in [1.29, 1.82) is 0 Å². The Hall–Kier alpha value is -2.68. The minimum Gasteiger partial charge on any atom is -0.490 e. The highest BCUT2D eigenvalue weighted by molar-refractivity contribution is 8.18. The maximum Gasteiger partial charge on any atom is 0.343 e. The number of hydrogen-bond donors (Lipinski definition) is 0. The molecule has 0 aromatic heterocycles. The molecule has 1 aliphatic heterocycles. The first-order valence-electron chi connectivity index (χ1n) is 10.8. The zero-order chi connectivity index (χ0) is 26.7. The highest BCUT2D eigenvalue weighted by atomic mass is 35.5. The standard InChI is InChI=1S/C26H17Cl4NO5S/c1-2-35-21-10-15(9-20(30)23(21)36-25(33)16-4-3-5-17(27)12-16)11-22-24(32)31(26(34)37-22)13-14-6-7-18(28)19(29)8-14/h3-12H,2,13H2,1H3/b22-11-. The summed E-state index contributed by atoms with van der Waals surface area (Å²) >= 11 is 25.2. The van der Waals surface area contributed by atoms with Gasteiger partial charge in [0, 0.05) is 5.02 Å². The molecule has 4 rings (SSSR count). The Kier molecular flexibility index (Phi) is 8.72. The van der Waals surface area contributed by atoms with Crippen LogP contribution in [0.25, 0.3) is 6.08 Å². The molecule has 3 aromatic rings. The first kappa shape index (κ1) is 27.4. The molecule has 1 aliphatic rings. The van der Waals surface area contributed by atoms with Crippen molar-refractivity contribution in [3.63, 3.8) is 0 Å². The molecule has 0 atom stereocenters. The predicted octanol–water partition coefficient (Wildman–Crippen LogP) is 8.15. The Morgan fingerprint density at radius 3 is 2.46 bits per heavy atom. The van der Waals surface area contributed by atoms with Gasteiger partial charge < -0.3 is 9.47 Å². The summed E-state index contributed by atoms with van der Waals surface area (Å²) in [6.45, 7) is 2.07. The summed E-state index contributed by atoms with van der Waals surface area (Å²) < 4.78 is 11.1. The predicted molar refractivity (Wildman–Crippen MR) is 147 cm³/mol. The molecular weight excluding hydrogens is 580 g/mol. The third-order valence-electron chi connectivity index (χ3n) is 5.08. The molecule has 0 N–H and O–H groups in total. The number of halogens is 4. The van der Waals surface area contributed by atoms with Crippen LogP contribution >= 0.6 is 58.2 Å².